The molecule has 0 bridgehead atoms. The Hall–Kier alpha value is -2.96. The Balaban J connectivity index is 0.000000197. The summed E-state index contributed by atoms with van der Waals surface area (Å²) in [5, 5.41) is 2.20. The first kappa shape index (κ1) is 19.4. The lowest BCUT2D eigenvalue weighted by atomic mass is 10.1. The lowest BCUT2D eigenvalue weighted by Crippen LogP contribution is -1.90. The fraction of sp³-hybridized carbons (Fsp3) is 0.200. The van der Waals surface area contributed by atoms with Crippen LogP contribution in [0.5, 0.6) is 23.0 Å². The Labute approximate surface area is 152 Å². The molecular weight excluding hydrogens is 336 g/mol. The van der Waals surface area contributed by atoms with Gasteiger partial charge in [-0.25, -0.2) is 0 Å². The van der Waals surface area contributed by atoms with Crippen LogP contribution in [0.4, 0.5) is 0 Å². The minimum absolute atomic E-state index is 0.660. The summed E-state index contributed by atoms with van der Waals surface area (Å²) in [5.41, 5.74) is 0. The maximum absolute atomic E-state index is 5.14. The zero-order valence-electron chi connectivity index (χ0n) is 15.2. The van der Waals surface area contributed by atoms with Crippen LogP contribution >= 0.6 is 0 Å². The van der Waals surface area contributed by atoms with Gasteiger partial charge in [-0.05, 0) is 59.3 Å². The number of hydrogen-bond donors (Lipinski definition) is 0. The van der Waals surface area contributed by atoms with Gasteiger partial charge in [0, 0.05) is 0 Å². The van der Waals surface area contributed by atoms with E-state index in [2.05, 4.69) is 9.78 Å². The fourth-order valence-corrected chi connectivity index (χ4v) is 2.20. The third kappa shape index (κ3) is 5.54. The average molecular weight is 358 g/mol. The molecule has 0 fully saturated rings. The molecule has 0 saturated carbocycles. The van der Waals surface area contributed by atoms with Gasteiger partial charge in [-0.15, -0.1) is 0 Å². The van der Waals surface area contributed by atoms with Crippen molar-refractivity contribution in [3.8, 4) is 23.0 Å². The summed E-state index contributed by atoms with van der Waals surface area (Å²) in [6.45, 7) is 0. The minimum Gasteiger partial charge on any atom is -0.497 e. The number of rotatable bonds is 6. The molecule has 0 unspecified atom stereocenters. The Bertz CT molecular complexity index is 801. The summed E-state index contributed by atoms with van der Waals surface area (Å²) < 4.78 is 10.1. The number of ether oxygens (including phenoxy) is 2. The van der Waals surface area contributed by atoms with Crippen molar-refractivity contribution in [1.82, 2.24) is 0 Å². The highest BCUT2D eigenvalue weighted by Gasteiger charge is 1.99. The molecule has 6 heteroatoms. The minimum atomic E-state index is 0.660. The standard InChI is InChI=1S/C12H12O3.C8H10O3/c1-13-11-5-3-10-8-12(15-14-2)6-4-9(10)7-11;1-9-7-3-5-8(6-4-7)11-10-2/h3-8H,1-2H3;3-6H,1-2H3. The molecule has 6 nitrogen and oxygen atoms in total. The zero-order chi connectivity index (χ0) is 18.8. The third-order valence-electron chi connectivity index (χ3n) is 3.44. The average Bonchev–Trinajstić information content (AvgIpc) is 2.69. The van der Waals surface area contributed by atoms with Crippen molar-refractivity contribution in [3.63, 3.8) is 0 Å². The molecule has 26 heavy (non-hydrogen) atoms. The zero-order valence-corrected chi connectivity index (χ0v) is 15.2. The van der Waals surface area contributed by atoms with Crippen molar-refractivity contribution >= 4 is 10.8 Å². The van der Waals surface area contributed by atoms with Crippen molar-refractivity contribution in [2.45, 2.75) is 0 Å². The molecule has 0 radical (unpaired) electrons. The molecular formula is C20H22O6. The predicted molar refractivity (Wildman–Crippen MR) is 98.8 cm³/mol. The lowest BCUT2D eigenvalue weighted by Gasteiger charge is -2.04. The summed E-state index contributed by atoms with van der Waals surface area (Å²) in [6, 6.07) is 18.7. The van der Waals surface area contributed by atoms with Crippen LogP contribution in [0.25, 0.3) is 10.8 Å². The monoisotopic (exact) mass is 358 g/mol. The van der Waals surface area contributed by atoms with E-state index in [1.165, 1.54) is 14.2 Å². The molecule has 0 aliphatic rings. The molecule has 0 heterocycles. The summed E-state index contributed by atoms with van der Waals surface area (Å²) in [5.74, 6) is 3.00. The molecule has 138 valence electrons. The van der Waals surface area contributed by atoms with E-state index in [0.29, 0.717) is 11.5 Å². The maximum Gasteiger partial charge on any atom is 0.166 e. The van der Waals surface area contributed by atoms with Crippen LogP contribution in [0, 0.1) is 0 Å². The highest BCUT2D eigenvalue weighted by atomic mass is 17.2. The van der Waals surface area contributed by atoms with E-state index in [1.54, 1.807) is 38.5 Å². The van der Waals surface area contributed by atoms with E-state index in [-0.39, 0.29) is 0 Å². The second-order valence-corrected chi connectivity index (χ2v) is 5.05. The van der Waals surface area contributed by atoms with Gasteiger partial charge in [-0.1, -0.05) is 12.1 Å². The van der Waals surface area contributed by atoms with Gasteiger partial charge in [0.1, 0.15) is 11.5 Å². The predicted octanol–water partition coefficient (Wildman–Crippen LogP) is 4.42. The largest absolute Gasteiger partial charge is 0.497 e. The van der Waals surface area contributed by atoms with E-state index in [1.807, 2.05) is 36.4 Å². The van der Waals surface area contributed by atoms with Crippen LogP contribution in [0.3, 0.4) is 0 Å². The van der Waals surface area contributed by atoms with Crippen LogP contribution in [0.1, 0.15) is 0 Å². The molecule has 0 aliphatic carbocycles. The fourth-order valence-electron chi connectivity index (χ4n) is 2.20. The SMILES string of the molecule is COOc1ccc(OC)cc1.COOc1ccc2cc(OC)ccc2c1. The second kappa shape index (κ2) is 10.1. The first-order chi connectivity index (χ1) is 12.7. The summed E-state index contributed by atoms with van der Waals surface area (Å²) in [4.78, 5) is 18.7. The van der Waals surface area contributed by atoms with Gasteiger partial charge < -0.3 is 19.2 Å². The Morgan fingerprint density at radius 3 is 1.42 bits per heavy atom. The van der Waals surface area contributed by atoms with Crippen LogP contribution in [-0.4, -0.2) is 28.4 Å². The molecule has 3 rings (SSSR count). The van der Waals surface area contributed by atoms with Crippen molar-refractivity contribution in [2.24, 2.45) is 0 Å². The maximum atomic E-state index is 5.14. The molecule has 0 saturated heterocycles. The molecule has 0 aliphatic heterocycles. The van der Waals surface area contributed by atoms with Crippen LogP contribution in [0.15, 0.2) is 60.7 Å². The van der Waals surface area contributed by atoms with Gasteiger partial charge in [0.05, 0.1) is 28.4 Å². The normalized spacial score (nSPS) is 9.85. The van der Waals surface area contributed by atoms with E-state index in [0.717, 1.165) is 22.3 Å². The molecule has 0 aromatic heterocycles. The van der Waals surface area contributed by atoms with Crippen LogP contribution in [0.2, 0.25) is 0 Å². The van der Waals surface area contributed by atoms with Crippen LogP contribution < -0.4 is 19.2 Å². The first-order valence-electron chi connectivity index (χ1n) is 7.83. The molecule has 3 aromatic carbocycles. The van der Waals surface area contributed by atoms with Gasteiger partial charge in [0.25, 0.3) is 0 Å². The van der Waals surface area contributed by atoms with E-state index >= 15 is 0 Å². The number of methoxy groups -OCH3 is 2. The number of hydrogen-bond acceptors (Lipinski definition) is 6. The Kier molecular flexibility index (Phi) is 7.54. The molecule has 3 aromatic rings. The van der Waals surface area contributed by atoms with E-state index < -0.39 is 0 Å². The molecule has 0 spiro atoms. The van der Waals surface area contributed by atoms with Gasteiger partial charge in [0.15, 0.2) is 11.5 Å². The molecule has 0 atom stereocenters. The Morgan fingerprint density at radius 2 is 0.885 bits per heavy atom. The first-order valence-corrected chi connectivity index (χ1v) is 7.83. The summed E-state index contributed by atoms with van der Waals surface area (Å²) in [6.07, 6.45) is 0. The third-order valence-corrected chi connectivity index (χ3v) is 3.44. The highest BCUT2D eigenvalue weighted by molar-refractivity contribution is 5.85. The van der Waals surface area contributed by atoms with Crippen molar-refractivity contribution in [1.29, 1.82) is 0 Å². The van der Waals surface area contributed by atoms with Gasteiger partial charge in [-0.3, -0.25) is 0 Å². The topological polar surface area (TPSA) is 55.4 Å². The smallest absolute Gasteiger partial charge is 0.166 e. The van der Waals surface area contributed by atoms with Crippen molar-refractivity contribution in [2.75, 3.05) is 28.4 Å². The summed E-state index contributed by atoms with van der Waals surface area (Å²) >= 11 is 0. The van der Waals surface area contributed by atoms with Gasteiger partial charge in [-0.2, -0.15) is 9.78 Å². The second-order valence-electron chi connectivity index (χ2n) is 5.05. The highest BCUT2D eigenvalue weighted by Crippen LogP contribution is 2.24. The number of fused-ring (bicyclic) bond motifs is 1. The quantitative estimate of drug-likeness (QED) is 0.480. The summed E-state index contributed by atoms with van der Waals surface area (Å²) in [7, 11) is 6.22. The Morgan fingerprint density at radius 1 is 0.462 bits per heavy atom. The van der Waals surface area contributed by atoms with Crippen LogP contribution in [-0.2, 0) is 9.78 Å². The van der Waals surface area contributed by atoms with Crippen molar-refractivity contribution in [3.05, 3.63) is 60.7 Å². The molecule has 0 amide bonds. The van der Waals surface area contributed by atoms with E-state index in [9.17, 15) is 0 Å². The van der Waals surface area contributed by atoms with E-state index in [4.69, 9.17) is 19.2 Å². The molecule has 0 N–H and O–H groups in total. The van der Waals surface area contributed by atoms with Crippen molar-refractivity contribution < 1.29 is 29.0 Å². The lowest BCUT2D eigenvalue weighted by molar-refractivity contribution is -0.178. The number of benzene rings is 3. The van der Waals surface area contributed by atoms with Gasteiger partial charge >= 0.3 is 0 Å². The van der Waals surface area contributed by atoms with Gasteiger partial charge in [0.2, 0.25) is 0 Å².